The molecule has 1 fully saturated rings. The fourth-order valence-electron chi connectivity index (χ4n) is 2.96. The van der Waals surface area contributed by atoms with E-state index < -0.39 is 10.0 Å². The molecule has 0 unspecified atom stereocenters. The number of aryl methyl sites for hydroxylation is 1. The van der Waals surface area contributed by atoms with Crippen molar-refractivity contribution in [1.29, 1.82) is 0 Å². The molecule has 1 aliphatic rings. The Labute approximate surface area is 155 Å². The molecule has 0 bridgehead atoms. The summed E-state index contributed by atoms with van der Waals surface area (Å²) in [4.78, 5) is 14.5. The lowest BCUT2D eigenvalue weighted by Crippen LogP contribution is -2.32. The van der Waals surface area contributed by atoms with Gasteiger partial charge in [0.15, 0.2) is 0 Å². The fraction of sp³-hybridized carbons (Fsp3) is 0.350. The molecule has 0 heterocycles. The van der Waals surface area contributed by atoms with Crippen molar-refractivity contribution in [3.63, 3.8) is 0 Å². The Morgan fingerprint density at radius 3 is 2.35 bits per heavy atom. The average Bonchev–Trinajstić information content (AvgIpc) is 3.44. The van der Waals surface area contributed by atoms with Gasteiger partial charge in [0.25, 0.3) is 15.9 Å². The van der Waals surface area contributed by atoms with Gasteiger partial charge in [-0.25, -0.2) is 8.42 Å². The van der Waals surface area contributed by atoms with E-state index in [0.717, 1.165) is 24.0 Å². The number of anilines is 1. The molecule has 0 saturated heterocycles. The maximum Gasteiger partial charge on any atom is 0.261 e. The maximum atomic E-state index is 12.6. The van der Waals surface area contributed by atoms with Crippen LogP contribution in [0.4, 0.5) is 5.69 Å². The van der Waals surface area contributed by atoms with Gasteiger partial charge in [-0.15, -0.1) is 0 Å². The second-order valence-corrected chi connectivity index (χ2v) is 8.38. The number of nitrogens with one attached hydrogen (secondary N) is 1. The highest BCUT2D eigenvalue weighted by molar-refractivity contribution is 7.92. The largest absolute Gasteiger partial charge is 0.336 e. The number of carbonyl (C=O) groups excluding carboxylic acids is 1. The van der Waals surface area contributed by atoms with Crippen LogP contribution in [-0.4, -0.2) is 31.8 Å². The minimum Gasteiger partial charge on any atom is -0.336 e. The Kier molecular flexibility index (Phi) is 5.05. The van der Waals surface area contributed by atoms with Gasteiger partial charge in [-0.1, -0.05) is 12.1 Å². The molecule has 0 spiro atoms. The van der Waals surface area contributed by atoms with Gasteiger partial charge in [-0.05, 0) is 75.1 Å². The predicted molar refractivity (Wildman–Crippen MR) is 103 cm³/mol. The van der Waals surface area contributed by atoms with E-state index in [0.29, 0.717) is 23.8 Å². The quantitative estimate of drug-likeness (QED) is 0.840. The molecular weight excluding hydrogens is 348 g/mol. The lowest BCUT2D eigenvalue weighted by molar-refractivity contribution is 0.0752. The minimum atomic E-state index is -3.70. The number of amides is 1. The van der Waals surface area contributed by atoms with Crippen LogP contribution >= 0.6 is 0 Å². The summed E-state index contributed by atoms with van der Waals surface area (Å²) in [7, 11) is -3.70. The van der Waals surface area contributed by atoms with E-state index in [-0.39, 0.29) is 10.8 Å². The summed E-state index contributed by atoms with van der Waals surface area (Å²) in [5.41, 5.74) is 3.00. The Morgan fingerprint density at radius 2 is 1.77 bits per heavy atom. The van der Waals surface area contributed by atoms with E-state index in [1.807, 2.05) is 37.8 Å². The summed E-state index contributed by atoms with van der Waals surface area (Å²) in [6.45, 7) is 6.44. The highest BCUT2D eigenvalue weighted by Gasteiger charge is 2.31. The molecule has 1 saturated carbocycles. The molecule has 1 aliphatic carbocycles. The van der Waals surface area contributed by atoms with Crippen LogP contribution < -0.4 is 4.72 Å². The van der Waals surface area contributed by atoms with Crippen LogP contribution in [0.3, 0.4) is 0 Å². The van der Waals surface area contributed by atoms with Gasteiger partial charge >= 0.3 is 0 Å². The lowest BCUT2D eigenvalue weighted by atomic mass is 10.1. The second kappa shape index (κ2) is 7.11. The first-order valence-corrected chi connectivity index (χ1v) is 10.3. The Morgan fingerprint density at radius 1 is 1.12 bits per heavy atom. The molecule has 6 heteroatoms. The monoisotopic (exact) mass is 372 g/mol. The molecule has 2 aromatic rings. The van der Waals surface area contributed by atoms with E-state index in [1.165, 1.54) is 12.1 Å². The Hall–Kier alpha value is -2.34. The van der Waals surface area contributed by atoms with Crippen LogP contribution in [0, 0.1) is 13.8 Å². The predicted octanol–water partition coefficient (Wildman–Crippen LogP) is 3.73. The van der Waals surface area contributed by atoms with Crippen LogP contribution in [0.25, 0.3) is 0 Å². The molecule has 1 N–H and O–H groups in total. The van der Waals surface area contributed by atoms with Gasteiger partial charge < -0.3 is 4.90 Å². The lowest BCUT2D eigenvalue weighted by Gasteiger charge is -2.20. The van der Waals surface area contributed by atoms with Crippen LogP contribution in [0.15, 0.2) is 47.4 Å². The highest BCUT2D eigenvalue weighted by atomic mass is 32.2. The van der Waals surface area contributed by atoms with Crippen molar-refractivity contribution in [3.8, 4) is 0 Å². The maximum absolute atomic E-state index is 12.6. The molecular formula is C20H24N2O3S. The summed E-state index contributed by atoms with van der Waals surface area (Å²) in [5, 5.41) is 0. The topological polar surface area (TPSA) is 66.5 Å². The third-order valence-electron chi connectivity index (χ3n) is 4.85. The van der Waals surface area contributed by atoms with Crippen molar-refractivity contribution in [3.05, 3.63) is 59.2 Å². The first-order valence-electron chi connectivity index (χ1n) is 8.83. The zero-order valence-electron chi connectivity index (χ0n) is 15.3. The van der Waals surface area contributed by atoms with Crippen LogP contribution in [0.2, 0.25) is 0 Å². The number of benzene rings is 2. The van der Waals surface area contributed by atoms with Crippen molar-refractivity contribution < 1.29 is 13.2 Å². The van der Waals surface area contributed by atoms with E-state index in [2.05, 4.69) is 4.72 Å². The van der Waals surface area contributed by atoms with Crippen LogP contribution in [-0.2, 0) is 10.0 Å². The van der Waals surface area contributed by atoms with Gasteiger partial charge in [0.2, 0.25) is 0 Å². The molecule has 0 aromatic heterocycles. The smallest absolute Gasteiger partial charge is 0.261 e. The molecule has 3 rings (SSSR count). The SMILES string of the molecule is CCN(C(=O)c1ccc(S(=O)(=O)Nc2cccc(C)c2C)cc1)C1CC1. The summed E-state index contributed by atoms with van der Waals surface area (Å²) in [6.07, 6.45) is 2.09. The average molecular weight is 372 g/mol. The van der Waals surface area contributed by atoms with Gasteiger partial charge in [0.05, 0.1) is 10.6 Å². The molecule has 2 aromatic carbocycles. The molecule has 0 aliphatic heterocycles. The van der Waals surface area contributed by atoms with Gasteiger partial charge in [-0.3, -0.25) is 9.52 Å². The summed E-state index contributed by atoms with van der Waals surface area (Å²) in [6, 6.07) is 12.0. The minimum absolute atomic E-state index is 0.0403. The van der Waals surface area contributed by atoms with Crippen LogP contribution in [0.1, 0.15) is 41.3 Å². The van der Waals surface area contributed by atoms with Crippen molar-refractivity contribution >= 4 is 21.6 Å². The molecule has 26 heavy (non-hydrogen) atoms. The molecule has 0 radical (unpaired) electrons. The first-order chi connectivity index (χ1) is 12.3. The number of hydrogen-bond donors (Lipinski definition) is 1. The van der Waals surface area contributed by atoms with Gasteiger partial charge in [-0.2, -0.15) is 0 Å². The van der Waals surface area contributed by atoms with Gasteiger partial charge in [0.1, 0.15) is 0 Å². The van der Waals surface area contributed by atoms with E-state index in [1.54, 1.807) is 18.2 Å². The fourth-order valence-corrected chi connectivity index (χ4v) is 4.08. The third kappa shape index (κ3) is 3.75. The van der Waals surface area contributed by atoms with E-state index in [4.69, 9.17) is 0 Å². The van der Waals surface area contributed by atoms with Crippen molar-refractivity contribution in [1.82, 2.24) is 4.90 Å². The van der Waals surface area contributed by atoms with Crippen LogP contribution in [0.5, 0.6) is 0 Å². The zero-order valence-corrected chi connectivity index (χ0v) is 16.1. The zero-order chi connectivity index (χ0) is 18.9. The van der Waals surface area contributed by atoms with Crippen molar-refractivity contribution in [2.24, 2.45) is 0 Å². The Bertz CT molecular complexity index is 917. The number of hydrogen-bond acceptors (Lipinski definition) is 3. The highest BCUT2D eigenvalue weighted by Crippen LogP contribution is 2.28. The first kappa shape index (κ1) is 18.5. The van der Waals surface area contributed by atoms with Crippen molar-refractivity contribution in [2.45, 2.75) is 44.6 Å². The Balaban J connectivity index is 1.80. The molecule has 138 valence electrons. The number of sulfonamides is 1. The second-order valence-electron chi connectivity index (χ2n) is 6.70. The normalized spacial score (nSPS) is 14.1. The molecule has 0 atom stereocenters. The van der Waals surface area contributed by atoms with Crippen molar-refractivity contribution in [2.75, 3.05) is 11.3 Å². The van der Waals surface area contributed by atoms with Gasteiger partial charge in [0, 0.05) is 18.2 Å². The summed E-state index contributed by atoms with van der Waals surface area (Å²) >= 11 is 0. The number of nitrogens with zero attached hydrogens (tertiary/aromatic N) is 1. The third-order valence-corrected chi connectivity index (χ3v) is 6.23. The number of carbonyl (C=O) groups is 1. The summed E-state index contributed by atoms with van der Waals surface area (Å²) in [5.74, 6) is -0.0403. The standard InChI is InChI=1S/C20H24N2O3S/c1-4-22(17-10-11-17)20(23)16-8-12-18(13-9-16)26(24,25)21-19-7-5-6-14(2)15(19)3/h5-9,12-13,17,21H,4,10-11H2,1-3H3. The molecule has 1 amide bonds. The number of rotatable bonds is 6. The van der Waals surface area contributed by atoms with E-state index >= 15 is 0 Å². The summed E-state index contributed by atoms with van der Waals surface area (Å²) < 4.78 is 27.9. The van der Waals surface area contributed by atoms with E-state index in [9.17, 15) is 13.2 Å². The molecule has 5 nitrogen and oxygen atoms in total.